The zero-order chi connectivity index (χ0) is 24.2. The summed E-state index contributed by atoms with van der Waals surface area (Å²) in [5.41, 5.74) is 2.00. The van der Waals surface area contributed by atoms with Gasteiger partial charge in [0.15, 0.2) is 0 Å². The molecule has 0 spiro atoms. The Morgan fingerprint density at radius 3 is 2.35 bits per heavy atom. The van der Waals surface area contributed by atoms with Gasteiger partial charge in [-0.2, -0.15) is 0 Å². The molecule has 0 unspecified atom stereocenters. The summed E-state index contributed by atoms with van der Waals surface area (Å²) in [7, 11) is 0. The number of anilines is 2. The molecule has 1 heterocycles. The van der Waals surface area contributed by atoms with Crippen LogP contribution in [0.3, 0.4) is 0 Å². The van der Waals surface area contributed by atoms with Crippen LogP contribution in [0.5, 0.6) is 0 Å². The molecule has 4 rings (SSSR count). The number of nitrogens with zero attached hydrogens (tertiary/aromatic N) is 1. The number of hydrogen-bond donors (Lipinski definition) is 2. The van der Waals surface area contributed by atoms with Gasteiger partial charge in [0.05, 0.1) is 10.7 Å². The monoisotopic (exact) mass is 513 g/mol. The number of imide groups is 1. The van der Waals surface area contributed by atoms with Gasteiger partial charge >= 0.3 is 0 Å². The van der Waals surface area contributed by atoms with Crippen molar-refractivity contribution in [2.24, 2.45) is 0 Å². The summed E-state index contributed by atoms with van der Waals surface area (Å²) in [6.45, 7) is 0.473. The molecule has 3 amide bonds. The molecule has 34 heavy (non-hydrogen) atoms. The maximum Gasteiger partial charge on any atom is 0.283 e. The lowest BCUT2D eigenvalue weighted by atomic mass is 10.1. The molecule has 0 radical (unpaired) electrons. The van der Waals surface area contributed by atoms with Crippen LogP contribution in [-0.2, 0) is 16.0 Å². The van der Waals surface area contributed by atoms with Crippen molar-refractivity contribution in [3.8, 4) is 0 Å². The van der Waals surface area contributed by atoms with E-state index in [0.29, 0.717) is 29.2 Å². The number of rotatable bonds is 7. The maximum absolute atomic E-state index is 13.0. The first-order valence-electron chi connectivity index (χ1n) is 10.3. The molecule has 0 atom stereocenters. The van der Waals surface area contributed by atoms with Crippen molar-refractivity contribution in [1.29, 1.82) is 0 Å². The van der Waals surface area contributed by atoms with Crippen molar-refractivity contribution < 1.29 is 14.4 Å². The fourth-order valence-corrected chi connectivity index (χ4v) is 4.15. The molecular weight excluding hydrogens is 497 g/mol. The molecule has 0 fully saturated rings. The first kappa shape index (κ1) is 23.8. The molecular formula is C25H18Cl3N3O3. The average molecular weight is 515 g/mol. The summed E-state index contributed by atoms with van der Waals surface area (Å²) in [5, 5.41) is 5.95. The molecule has 0 saturated carbocycles. The second-order valence-electron chi connectivity index (χ2n) is 7.43. The fourth-order valence-electron chi connectivity index (χ4n) is 3.44. The van der Waals surface area contributed by atoms with Crippen LogP contribution in [0.2, 0.25) is 10.0 Å². The SMILES string of the molecule is O=C(NCCc1ccccc1)c1cccc(NC2=C(Cl)C(=O)N(c3ccc(Cl)cc3Cl)C2=O)c1. The summed E-state index contributed by atoms with van der Waals surface area (Å²) < 4.78 is 0. The molecule has 1 aliphatic rings. The van der Waals surface area contributed by atoms with Gasteiger partial charge in [-0.25, -0.2) is 4.90 Å². The van der Waals surface area contributed by atoms with Crippen molar-refractivity contribution >= 4 is 63.9 Å². The molecule has 9 heteroatoms. The highest BCUT2D eigenvalue weighted by molar-refractivity contribution is 6.54. The number of carbonyl (C=O) groups excluding carboxylic acids is 3. The van der Waals surface area contributed by atoms with E-state index in [1.54, 1.807) is 24.3 Å². The quantitative estimate of drug-likeness (QED) is 0.414. The molecule has 0 bridgehead atoms. The number of benzene rings is 3. The lowest BCUT2D eigenvalue weighted by molar-refractivity contribution is -0.120. The van der Waals surface area contributed by atoms with Gasteiger partial charge in [-0.15, -0.1) is 0 Å². The molecule has 172 valence electrons. The summed E-state index contributed by atoms with van der Waals surface area (Å²) in [6.07, 6.45) is 0.701. The summed E-state index contributed by atoms with van der Waals surface area (Å²) in [5.74, 6) is -1.65. The van der Waals surface area contributed by atoms with Gasteiger partial charge in [-0.3, -0.25) is 14.4 Å². The topological polar surface area (TPSA) is 78.5 Å². The first-order chi connectivity index (χ1) is 16.3. The van der Waals surface area contributed by atoms with Crippen LogP contribution in [0.1, 0.15) is 15.9 Å². The average Bonchev–Trinajstić information content (AvgIpc) is 3.03. The van der Waals surface area contributed by atoms with Crippen molar-refractivity contribution in [2.45, 2.75) is 6.42 Å². The van der Waals surface area contributed by atoms with E-state index < -0.39 is 11.8 Å². The normalized spacial score (nSPS) is 13.4. The minimum absolute atomic E-state index is 0.112. The van der Waals surface area contributed by atoms with Gasteiger partial charge in [0, 0.05) is 22.8 Å². The van der Waals surface area contributed by atoms with E-state index in [9.17, 15) is 14.4 Å². The summed E-state index contributed by atoms with van der Waals surface area (Å²) >= 11 is 18.3. The van der Waals surface area contributed by atoms with E-state index in [2.05, 4.69) is 10.6 Å². The molecule has 2 N–H and O–H groups in total. The summed E-state index contributed by atoms with van der Waals surface area (Å²) in [4.78, 5) is 39.1. The molecule has 3 aromatic carbocycles. The number of carbonyl (C=O) groups is 3. The highest BCUT2D eigenvalue weighted by Crippen LogP contribution is 2.35. The fraction of sp³-hybridized carbons (Fsp3) is 0.0800. The van der Waals surface area contributed by atoms with Crippen LogP contribution in [-0.4, -0.2) is 24.3 Å². The minimum Gasteiger partial charge on any atom is -0.352 e. The van der Waals surface area contributed by atoms with Gasteiger partial charge < -0.3 is 10.6 Å². The van der Waals surface area contributed by atoms with Gasteiger partial charge in [0.2, 0.25) is 0 Å². The van der Waals surface area contributed by atoms with Gasteiger partial charge in [0.25, 0.3) is 17.7 Å². The van der Waals surface area contributed by atoms with Gasteiger partial charge in [0.1, 0.15) is 10.7 Å². The number of amides is 3. The Balaban J connectivity index is 1.46. The van der Waals surface area contributed by atoms with E-state index in [1.807, 2.05) is 30.3 Å². The minimum atomic E-state index is -0.715. The molecule has 1 aliphatic heterocycles. The van der Waals surface area contributed by atoms with Crippen molar-refractivity contribution in [3.05, 3.63) is 105 Å². The van der Waals surface area contributed by atoms with E-state index in [-0.39, 0.29) is 27.3 Å². The molecule has 0 aliphatic carbocycles. The van der Waals surface area contributed by atoms with E-state index in [1.165, 1.54) is 18.2 Å². The number of halogens is 3. The Bertz CT molecular complexity index is 1310. The Morgan fingerprint density at radius 2 is 1.62 bits per heavy atom. The first-order valence-corrected chi connectivity index (χ1v) is 11.4. The molecule has 0 aromatic heterocycles. The van der Waals surface area contributed by atoms with Crippen LogP contribution in [0.25, 0.3) is 0 Å². The van der Waals surface area contributed by atoms with Crippen LogP contribution in [0, 0.1) is 0 Å². The smallest absolute Gasteiger partial charge is 0.283 e. The van der Waals surface area contributed by atoms with Crippen LogP contribution >= 0.6 is 34.8 Å². The Hall–Kier alpha value is -3.32. The van der Waals surface area contributed by atoms with Gasteiger partial charge in [-0.05, 0) is 48.4 Å². The Labute approximate surface area is 211 Å². The third-order valence-electron chi connectivity index (χ3n) is 5.11. The van der Waals surface area contributed by atoms with Crippen LogP contribution < -0.4 is 15.5 Å². The zero-order valence-corrected chi connectivity index (χ0v) is 19.9. The standard InChI is InChI=1S/C25H18Cl3N3O3/c26-17-9-10-20(19(27)14-17)31-24(33)21(28)22(25(31)34)30-18-8-4-7-16(13-18)23(32)29-12-11-15-5-2-1-3-6-15/h1-10,13-14,30H,11-12H2,(H,29,32). The molecule has 6 nitrogen and oxygen atoms in total. The zero-order valence-electron chi connectivity index (χ0n) is 17.6. The van der Waals surface area contributed by atoms with Crippen molar-refractivity contribution in [2.75, 3.05) is 16.8 Å². The number of hydrogen-bond acceptors (Lipinski definition) is 4. The Kier molecular flexibility index (Phi) is 7.22. The lowest BCUT2D eigenvalue weighted by Crippen LogP contribution is -2.32. The Morgan fingerprint density at radius 1 is 0.853 bits per heavy atom. The lowest BCUT2D eigenvalue weighted by Gasteiger charge is -2.16. The van der Waals surface area contributed by atoms with Crippen LogP contribution in [0.4, 0.5) is 11.4 Å². The predicted octanol–water partition coefficient (Wildman–Crippen LogP) is 5.40. The number of nitrogens with one attached hydrogen (secondary N) is 2. The second kappa shape index (κ2) is 10.3. The largest absolute Gasteiger partial charge is 0.352 e. The van der Waals surface area contributed by atoms with E-state index in [0.717, 1.165) is 10.5 Å². The maximum atomic E-state index is 13.0. The van der Waals surface area contributed by atoms with Gasteiger partial charge in [-0.1, -0.05) is 71.2 Å². The van der Waals surface area contributed by atoms with Crippen LogP contribution in [0.15, 0.2) is 83.5 Å². The third kappa shape index (κ3) is 5.09. The predicted molar refractivity (Wildman–Crippen MR) is 134 cm³/mol. The molecule has 0 saturated heterocycles. The molecule has 3 aromatic rings. The van der Waals surface area contributed by atoms with E-state index in [4.69, 9.17) is 34.8 Å². The highest BCUT2D eigenvalue weighted by Gasteiger charge is 2.39. The van der Waals surface area contributed by atoms with Crippen molar-refractivity contribution in [1.82, 2.24) is 5.32 Å². The second-order valence-corrected chi connectivity index (χ2v) is 8.65. The van der Waals surface area contributed by atoms with Crippen molar-refractivity contribution in [3.63, 3.8) is 0 Å². The highest BCUT2D eigenvalue weighted by atomic mass is 35.5. The van der Waals surface area contributed by atoms with E-state index >= 15 is 0 Å². The summed E-state index contributed by atoms with van der Waals surface area (Å²) in [6, 6.07) is 20.8. The third-order valence-corrected chi connectivity index (χ3v) is 6.00.